The van der Waals surface area contributed by atoms with E-state index in [1.54, 1.807) is 25.3 Å². The average molecular weight is 400 g/mol. The maximum atomic E-state index is 13.1. The van der Waals surface area contributed by atoms with Crippen molar-refractivity contribution < 1.29 is 19.1 Å². The van der Waals surface area contributed by atoms with E-state index in [9.17, 15) is 19.6 Å². The number of imide groups is 2. The Morgan fingerprint density at radius 3 is 2.45 bits per heavy atom. The van der Waals surface area contributed by atoms with Gasteiger partial charge in [0.15, 0.2) is 0 Å². The Balaban J connectivity index is 2.20. The summed E-state index contributed by atoms with van der Waals surface area (Å²) < 4.78 is 2.59. The lowest BCUT2D eigenvalue weighted by Crippen LogP contribution is -2.58. The Hall–Kier alpha value is -3.27. The first kappa shape index (κ1) is 20.5. The summed E-state index contributed by atoms with van der Waals surface area (Å²) in [4.78, 5) is 42.9. The number of carbonyl (C=O) groups is 3. The Morgan fingerprint density at radius 2 is 1.90 bits per heavy atom. The minimum Gasteiger partial charge on any atom is -0.711 e. The van der Waals surface area contributed by atoms with E-state index in [2.05, 4.69) is 15.6 Å². The third kappa shape index (κ3) is 3.83. The predicted molar refractivity (Wildman–Crippen MR) is 103 cm³/mol. The van der Waals surface area contributed by atoms with Crippen molar-refractivity contribution in [1.29, 1.82) is 0 Å². The second-order valence-electron chi connectivity index (χ2n) is 7.33. The fraction of sp³-hybridized carbons (Fsp3) is 0.421. The van der Waals surface area contributed by atoms with E-state index in [1.807, 2.05) is 30.5 Å². The van der Waals surface area contributed by atoms with Gasteiger partial charge < -0.3 is 10.1 Å². The van der Waals surface area contributed by atoms with E-state index >= 15 is 0 Å². The zero-order chi connectivity index (χ0) is 21.3. The summed E-state index contributed by atoms with van der Waals surface area (Å²) in [5, 5.41) is 17.4. The number of amides is 4. The van der Waals surface area contributed by atoms with Crippen LogP contribution >= 0.6 is 0 Å². The van der Waals surface area contributed by atoms with Crippen molar-refractivity contribution in [3.63, 3.8) is 0 Å². The van der Waals surface area contributed by atoms with Crippen LogP contribution in [0.25, 0.3) is 0 Å². The molecule has 3 rings (SSSR count). The van der Waals surface area contributed by atoms with E-state index in [0.29, 0.717) is 24.3 Å². The molecule has 0 unspecified atom stereocenters. The highest BCUT2D eigenvalue weighted by atomic mass is 16.5. The lowest BCUT2D eigenvalue weighted by atomic mass is 9.83. The fourth-order valence-electron chi connectivity index (χ4n) is 3.55. The third-order valence-corrected chi connectivity index (χ3v) is 5.18. The maximum absolute atomic E-state index is 13.1. The number of hydrogen-bond acceptors (Lipinski definition) is 6. The number of hydrogen-bond donors (Lipinski definition) is 2. The minimum atomic E-state index is -1.29. The second-order valence-corrected chi connectivity index (χ2v) is 7.33. The van der Waals surface area contributed by atoms with E-state index in [1.165, 1.54) is 6.20 Å². The molecule has 1 aliphatic rings. The van der Waals surface area contributed by atoms with Crippen LogP contribution in [0.4, 0.5) is 4.79 Å². The van der Waals surface area contributed by atoms with Gasteiger partial charge in [0, 0.05) is 32.8 Å². The maximum Gasteiger partial charge on any atom is 0.328 e. The first-order chi connectivity index (χ1) is 13.7. The molecule has 0 aromatic carbocycles. The van der Waals surface area contributed by atoms with Gasteiger partial charge in [-0.1, -0.05) is 6.07 Å². The number of aromatic nitrogens is 3. The van der Waals surface area contributed by atoms with E-state index in [4.69, 9.17) is 0 Å². The number of carbonyl (C=O) groups excluding carboxylic acids is 3. The van der Waals surface area contributed by atoms with Crippen LogP contribution in [0.1, 0.15) is 28.7 Å². The van der Waals surface area contributed by atoms with E-state index in [-0.39, 0.29) is 5.82 Å². The molecule has 0 radical (unpaired) electrons. The molecule has 1 fully saturated rings. The zero-order valence-electron chi connectivity index (χ0n) is 16.8. The first-order valence-electron chi connectivity index (χ1n) is 9.21. The fourth-order valence-corrected chi connectivity index (χ4v) is 3.55. The van der Waals surface area contributed by atoms with Gasteiger partial charge in [-0.25, -0.2) is 14.1 Å². The molecule has 2 N–H and O–H groups in total. The quantitative estimate of drug-likeness (QED) is 0.394. The molecule has 10 nitrogen and oxygen atoms in total. The van der Waals surface area contributed by atoms with Crippen LogP contribution in [0.2, 0.25) is 0 Å². The molecular formula is C19H24N6O4. The van der Waals surface area contributed by atoms with Crippen LogP contribution in [-0.4, -0.2) is 52.9 Å². The molecule has 0 bridgehead atoms. The topological polar surface area (TPSA) is 123 Å². The van der Waals surface area contributed by atoms with Crippen LogP contribution < -0.4 is 15.4 Å². The number of rotatable bonds is 6. The van der Waals surface area contributed by atoms with Gasteiger partial charge in [0.25, 0.3) is 5.82 Å². The standard InChI is InChI=1S/C19H24N6O4/c1-11-12(2)25(29)18(24(11)9-8-23(3)4)14(13-6-5-7-20-10-13)15-16(26)21-19(28)22-17(15)27/h5-7,10,14-15H,8-9H2,1-4H3,(H2,21,22,26,27,28)/t14-/m1/s1. The molecule has 10 heteroatoms. The van der Waals surface area contributed by atoms with Crippen LogP contribution in [-0.2, 0) is 16.1 Å². The van der Waals surface area contributed by atoms with Crippen LogP contribution in [0.15, 0.2) is 24.5 Å². The average Bonchev–Trinajstić information content (AvgIpc) is 2.87. The van der Waals surface area contributed by atoms with Crippen molar-refractivity contribution in [1.82, 2.24) is 25.1 Å². The Morgan fingerprint density at radius 1 is 1.24 bits per heavy atom. The lowest BCUT2D eigenvalue weighted by Gasteiger charge is -2.27. The lowest BCUT2D eigenvalue weighted by molar-refractivity contribution is -0.621. The summed E-state index contributed by atoms with van der Waals surface area (Å²) in [6.07, 6.45) is 3.09. The van der Waals surface area contributed by atoms with Crippen molar-refractivity contribution >= 4 is 17.8 Å². The number of nitrogens with one attached hydrogen (secondary N) is 2. The normalized spacial score (nSPS) is 16.1. The van der Waals surface area contributed by atoms with Crippen LogP contribution in [0.3, 0.4) is 0 Å². The predicted octanol–water partition coefficient (Wildman–Crippen LogP) is -0.191. The second kappa shape index (κ2) is 8.00. The molecule has 2 aromatic rings. The number of imidazole rings is 1. The molecular weight excluding hydrogens is 376 g/mol. The summed E-state index contributed by atoms with van der Waals surface area (Å²) in [6.45, 7) is 4.68. The molecule has 1 saturated heterocycles. The number of nitrogens with zero attached hydrogens (tertiary/aromatic N) is 4. The van der Waals surface area contributed by atoms with Gasteiger partial charge in [0.1, 0.15) is 29.8 Å². The zero-order valence-corrected chi connectivity index (χ0v) is 16.8. The monoisotopic (exact) mass is 400 g/mol. The summed E-state index contributed by atoms with van der Waals surface area (Å²) in [7, 11) is 3.84. The van der Waals surface area contributed by atoms with Gasteiger partial charge >= 0.3 is 6.03 Å². The highest BCUT2D eigenvalue weighted by molar-refractivity contribution is 6.16. The van der Waals surface area contributed by atoms with Crippen molar-refractivity contribution in [3.05, 3.63) is 52.5 Å². The molecule has 29 heavy (non-hydrogen) atoms. The van der Waals surface area contributed by atoms with E-state index < -0.39 is 29.7 Å². The number of likely N-dealkylation sites (N-methyl/N-ethyl adjacent to an activating group) is 1. The molecule has 3 heterocycles. The SMILES string of the molecule is Cc1c(C)[n+]([O-])c([C@H](c2cccnc2)C2C(=O)NC(=O)NC2=O)n1CCN(C)C. The van der Waals surface area contributed by atoms with Gasteiger partial charge in [-0.3, -0.25) is 25.2 Å². The molecule has 2 aromatic heterocycles. The minimum absolute atomic E-state index is 0.263. The highest BCUT2D eigenvalue weighted by Crippen LogP contribution is 2.33. The smallest absolute Gasteiger partial charge is 0.328 e. The Bertz CT molecular complexity index is 933. The van der Waals surface area contributed by atoms with E-state index in [0.717, 1.165) is 10.4 Å². The van der Waals surface area contributed by atoms with Crippen molar-refractivity contribution in [2.75, 3.05) is 20.6 Å². The largest absolute Gasteiger partial charge is 0.711 e. The number of pyridine rings is 1. The highest BCUT2D eigenvalue weighted by Gasteiger charge is 2.47. The Kier molecular flexibility index (Phi) is 5.64. The number of urea groups is 1. The third-order valence-electron chi connectivity index (χ3n) is 5.18. The van der Waals surface area contributed by atoms with Gasteiger partial charge in [-0.05, 0) is 25.7 Å². The van der Waals surface area contributed by atoms with Crippen molar-refractivity contribution in [2.45, 2.75) is 26.3 Å². The molecule has 1 aliphatic heterocycles. The number of barbiturate groups is 1. The molecule has 4 amide bonds. The molecule has 0 aliphatic carbocycles. The summed E-state index contributed by atoms with van der Waals surface area (Å²) in [6, 6.07) is 2.52. The van der Waals surface area contributed by atoms with Gasteiger partial charge in [0.2, 0.25) is 11.8 Å². The Labute approximate surface area is 168 Å². The van der Waals surface area contributed by atoms with Crippen LogP contribution in [0, 0.1) is 25.0 Å². The summed E-state index contributed by atoms with van der Waals surface area (Å²) in [5.74, 6) is -3.43. The molecule has 154 valence electrons. The molecule has 0 saturated carbocycles. The summed E-state index contributed by atoms with van der Waals surface area (Å²) >= 11 is 0. The van der Waals surface area contributed by atoms with Crippen LogP contribution in [0.5, 0.6) is 0 Å². The van der Waals surface area contributed by atoms with Gasteiger partial charge in [-0.15, -0.1) is 0 Å². The molecule has 0 spiro atoms. The molecule has 1 atom stereocenters. The van der Waals surface area contributed by atoms with Crippen molar-refractivity contribution in [3.8, 4) is 0 Å². The summed E-state index contributed by atoms with van der Waals surface area (Å²) in [5.41, 5.74) is 1.77. The van der Waals surface area contributed by atoms with Crippen molar-refractivity contribution in [2.24, 2.45) is 5.92 Å². The van der Waals surface area contributed by atoms with Gasteiger partial charge in [-0.2, -0.15) is 0 Å². The van der Waals surface area contributed by atoms with Gasteiger partial charge in [0.05, 0.1) is 0 Å². The first-order valence-corrected chi connectivity index (χ1v) is 9.21.